The van der Waals surface area contributed by atoms with Crippen LogP contribution in [0.15, 0.2) is 47.3 Å². The topological polar surface area (TPSA) is 52.2 Å². The summed E-state index contributed by atoms with van der Waals surface area (Å²) >= 11 is 0. The van der Waals surface area contributed by atoms with Crippen LogP contribution in [0.25, 0.3) is 11.0 Å². The van der Waals surface area contributed by atoms with Crippen LogP contribution < -0.4 is 10.5 Å². The molecule has 1 aliphatic heterocycles. The quantitative estimate of drug-likeness (QED) is 0.791. The molecule has 5 nitrogen and oxygen atoms in total. The first-order chi connectivity index (χ1) is 12.6. The van der Waals surface area contributed by atoms with E-state index in [1.54, 1.807) is 0 Å². The molecule has 1 aromatic heterocycles. The third-order valence-corrected chi connectivity index (χ3v) is 5.12. The first kappa shape index (κ1) is 16.8. The monoisotopic (exact) mass is 348 g/mol. The van der Waals surface area contributed by atoms with E-state index >= 15 is 0 Å². The number of nitrogens with zero attached hydrogens (tertiary/aromatic N) is 3. The minimum absolute atomic E-state index is 0.0827. The molecule has 0 atom stereocenters. The molecule has 0 aliphatic carbocycles. The summed E-state index contributed by atoms with van der Waals surface area (Å²) in [4.78, 5) is 24.6. The molecule has 0 saturated carbocycles. The third-order valence-electron chi connectivity index (χ3n) is 5.12. The summed E-state index contributed by atoms with van der Waals surface area (Å²) in [6.45, 7) is 8.70. The highest BCUT2D eigenvalue weighted by Gasteiger charge is 2.20. The van der Waals surface area contributed by atoms with Gasteiger partial charge in [0.2, 0.25) is 0 Å². The molecule has 0 spiro atoms. The Morgan fingerprint density at radius 2 is 1.81 bits per heavy atom. The van der Waals surface area contributed by atoms with E-state index in [0.717, 1.165) is 37.2 Å². The summed E-state index contributed by atoms with van der Waals surface area (Å²) in [5.41, 5.74) is 6.09. The zero-order valence-electron chi connectivity index (χ0n) is 15.3. The first-order valence-corrected chi connectivity index (χ1v) is 9.13. The number of H-pyrrole nitrogens is 1. The summed E-state index contributed by atoms with van der Waals surface area (Å²) in [7, 11) is 0. The van der Waals surface area contributed by atoms with Crippen LogP contribution in [-0.4, -0.2) is 41.0 Å². The van der Waals surface area contributed by atoms with Gasteiger partial charge in [0.15, 0.2) is 0 Å². The average Bonchev–Trinajstić information content (AvgIpc) is 2.65. The van der Waals surface area contributed by atoms with Crippen molar-refractivity contribution in [2.75, 3.05) is 31.1 Å². The van der Waals surface area contributed by atoms with E-state index in [2.05, 4.69) is 51.8 Å². The number of piperazine rings is 1. The number of aromatic nitrogens is 2. The van der Waals surface area contributed by atoms with Crippen LogP contribution in [0.4, 0.5) is 5.69 Å². The van der Waals surface area contributed by atoms with Crippen LogP contribution >= 0.6 is 0 Å². The van der Waals surface area contributed by atoms with E-state index in [-0.39, 0.29) is 5.56 Å². The molecular formula is C21H24N4O. The molecule has 1 saturated heterocycles. The second kappa shape index (κ2) is 6.92. The van der Waals surface area contributed by atoms with Gasteiger partial charge in [-0.3, -0.25) is 9.69 Å². The number of nitrogens with one attached hydrogen (secondary N) is 1. The van der Waals surface area contributed by atoms with Gasteiger partial charge in [0.1, 0.15) is 5.69 Å². The summed E-state index contributed by atoms with van der Waals surface area (Å²) in [5, 5.41) is 0. The van der Waals surface area contributed by atoms with E-state index in [4.69, 9.17) is 0 Å². The number of anilines is 1. The summed E-state index contributed by atoms with van der Waals surface area (Å²) in [6, 6.07) is 14.3. The molecule has 0 unspecified atom stereocenters. The van der Waals surface area contributed by atoms with Crippen molar-refractivity contribution in [2.45, 2.75) is 20.4 Å². The summed E-state index contributed by atoms with van der Waals surface area (Å²) in [6.07, 6.45) is 0. The fourth-order valence-electron chi connectivity index (χ4n) is 3.59. The molecule has 1 N–H and O–H groups in total. The van der Waals surface area contributed by atoms with E-state index in [1.807, 2.05) is 24.3 Å². The van der Waals surface area contributed by atoms with Gasteiger partial charge in [-0.15, -0.1) is 0 Å². The molecular weight excluding hydrogens is 324 g/mol. The molecule has 2 heterocycles. The SMILES string of the molecule is Cc1ccc(C)c(N2CCN(Cc3nc4ccccc4[nH]c3=O)CC2)c1. The van der Waals surface area contributed by atoms with Crippen molar-refractivity contribution < 1.29 is 0 Å². The lowest BCUT2D eigenvalue weighted by Gasteiger charge is -2.36. The van der Waals surface area contributed by atoms with Gasteiger partial charge in [-0.25, -0.2) is 4.98 Å². The van der Waals surface area contributed by atoms with Gasteiger partial charge in [0.05, 0.1) is 11.0 Å². The largest absolute Gasteiger partial charge is 0.369 e. The number of fused-ring (bicyclic) bond motifs is 1. The molecule has 134 valence electrons. The molecule has 4 rings (SSSR count). The van der Waals surface area contributed by atoms with Crippen LogP contribution in [0, 0.1) is 13.8 Å². The summed E-state index contributed by atoms with van der Waals surface area (Å²) < 4.78 is 0. The smallest absolute Gasteiger partial charge is 0.271 e. The molecule has 0 bridgehead atoms. The fraction of sp³-hybridized carbons (Fsp3) is 0.333. The van der Waals surface area contributed by atoms with Crippen molar-refractivity contribution in [1.82, 2.24) is 14.9 Å². The van der Waals surface area contributed by atoms with Crippen LogP contribution in [0.2, 0.25) is 0 Å². The van der Waals surface area contributed by atoms with Gasteiger partial charge in [0.25, 0.3) is 5.56 Å². The molecule has 1 aliphatic rings. The second-order valence-corrected chi connectivity index (χ2v) is 7.08. The normalized spacial score (nSPS) is 15.5. The van der Waals surface area contributed by atoms with Crippen molar-refractivity contribution in [3.63, 3.8) is 0 Å². The standard InChI is InChI=1S/C21H24N4O/c1-15-7-8-16(2)20(13-15)25-11-9-24(10-12-25)14-19-21(26)23-18-6-4-3-5-17(18)22-19/h3-8,13H,9-12,14H2,1-2H3,(H,23,26). The molecule has 26 heavy (non-hydrogen) atoms. The lowest BCUT2D eigenvalue weighted by molar-refractivity contribution is 0.246. The maximum absolute atomic E-state index is 12.3. The lowest BCUT2D eigenvalue weighted by Crippen LogP contribution is -2.46. The van der Waals surface area contributed by atoms with Crippen molar-refractivity contribution >= 4 is 16.7 Å². The number of rotatable bonds is 3. The number of para-hydroxylation sites is 2. The van der Waals surface area contributed by atoms with Crippen LogP contribution in [0.5, 0.6) is 0 Å². The Balaban J connectivity index is 1.46. The Labute approximate surface area is 153 Å². The molecule has 1 fully saturated rings. The Morgan fingerprint density at radius 1 is 1.04 bits per heavy atom. The highest BCUT2D eigenvalue weighted by molar-refractivity contribution is 5.73. The molecule has 3 aromatic rings. The fourth-order valence-corrected chi connectivity index (χ4v) is 3.59. The van der Waals surface area contributed by atoms with Gasteiger partial charge >= 0.3 is 0 Å². The highest BCUT2D eigenvalue weighted by Crippen LogP contribution is 2.23. The predicted octanol–water partition coefficient (Wildman–Crippen LogP) is 2.86. The third kappa shape index (κ3) is 3.35. The second-order valence-electron chi connectivity index (χ2n) is 7.08. The minimum atomic E-state index is -0.0827. The Bertz CT molecular complexity index is 987. The van der Waals surface area contributed by atoms with E-state index in [1.165, 1.54) is 16.8 Å². The van der Waals surface area contributed by atoms with Gasteiger partial charge < -0.3 is 9.88 Å². The number of aryl methyl sites for hydroxylation is 2. The van der Waals surface area contributed by atoms with Gasteiger partial charge in [-0.1, -0.05) is 24.3 Å². The van der Waals surface area contributed by atoms with E-state index in [9.17, 15) is 4.79 Å². The van der Waals surface area contributed by atoms with E-state index < -0.39 is 0 Å². The van der Waals surface area contributed by atoms with Gasteiger partial charge in [-0.05, 0) is 43.2 Å². The number of hydrogen-bond acceptors (Lipinski definition) is 4. The average molecular weight is 348 g/mol. The zero-order valence-corrected chi connectivity index (χ0v) is 15.3. The maximum Gasteiger partial charge on any atom is 0.271 e. The van der Waals surface area contributed by atoms with E-state index in [0.29, 0.717) is 12.2 Å². The van der Waals surface area contributed by atoms with Crippen LogP contribution in [0.3, 0.4) is 0 Å². The van der Waals surface area contributed by atoms with Crippen LogP contribution in [-0.2, 0) is 6.54 Å². The predicted molar refractivity (Wildman–Crippen MR) is 106 cm³/mol. The van der Waals surface area contributed by atoms with Crippen LogP contribution in [0.1, 0.15) is 16.8 Å². The summed E-state index contributed by atoms with van der Waals surface area (Å²) in [5.74, 6) is 0. The molecule has 5 heteroatoms. The number of hydrogen-bond donors (Lipinski definition) is 1. The number of aromatic amines is 1. The van der Waals surface area contributed by atoms with Crippen molar-refractivity contribution in [1.29, 1.82) is 0 Å². The molecule has 2 aromatic carbocycles. The Hall–Kier alpha value is -2.66. The van der Waals surface area contributed by atoms with Gasteiger partial charge in [0, 0.05) is 38.4 Å². The van der Waals surface area contributed by atoms with Crippen molar-refractivity contribution in [3.05, 3.63) is 69.6 Å². The Morgan fingerprint density at radius 3 is 2.62 bits per heavy atom. The zero-order chi connectivity index (χ0) is 18.1. The molecule has 0 radical (unpaired) electrons. The minimum Gasteiger partial charge on any atom is -0.369 e. The lowest BCUT2D eigenvalue weighted by atomic mass is 10.1. The first-order valence-electron chi connectivity index (χ1n) is 9.13. The highest BCUT2D eigenvalue weighted by atomic mass is 16.1. The van der Waals surface area contributed by atoms with Crippen molar-refractivity contribution in [2.24, 2.45) is 0 Å². The van der Waals surface area contributed by atoms with Crippen molar-refractivity contribution in [3.8, 4) is 0 Å². The number of benzene rings is 2. The Kier molecular flexibility index (Phi) is 4.47. The van der Waals surface area contributed by atoms with Gasteiger partial charge in [-0.2, -0.15) is 0 Å². The maximum atomic E-state index is 12.3. The molecule has 0 amide bonds.